The van der Waals surface area contributed by atoms with Gasteiger partial charge in [0.15, 0.2) is 5.76 Å². The number of hydrogen-bond donors (Lipinski definition) is 2. The van der Waals surface area contributed by atoms with Gasteiger partial charge in [0.05, 0.1) is 5.56 Å². The van der Waals surface area contributed by atoms with E-state index in [-0.39, 0.29) is 17.6 Å². The third kappa shape index (κ3) is 4.37. The summed E-state index contributed by atoms with van der Waals surface area (Å²) in [6, 6.07) is 6.68. The van der Waals surface area contributed by atoms with Crippen LogP contribution in [0.15, 0.2) is 40.8 Å². The second-order valence-electron chi connectivity index (χ2n) is 5.24. The van der Waals surface area contributed by atoms with Crippen LogP contribution in [0, 0.1) is 0 Å². The summed E-state index contributed by atoms with van der Waals surface area (Å²) in [5, 5.41) is 11.3. The lowest BCUT2D eigenvalue weighted by molar-refractivity contribution is -0.137. The highest BCUT2D eigenvalue weighted by molar-refractivity contribution is 5.93. The predicted molar refractivity (Wildman–Crippen MR) is 77.7 cm³/mol. The molecule has 24 heavy (non-hydrogen) atoms. The SMILES string of the molecule is CC(Cc1ccc(C(F)(F)F)cc1)NC(=O)c1ccc(C(=O)O)o1. The van der Waals surface area contributed by atoms with Gasteiger partial charge in [-0.2, -0.15) is 13.2 Å². The lowest BCUT2D eigenvalue weighted by Gasteiger charge is -2.14. The first-order valence-electron chi connectivity index (χ1n) is 6.97. The van der Waals surface area contributed by atoms with Gasteiger partial charge in [-0.1, -0.05) is 12.1 Å². The van der Waals surface area contributed by atoms with Gasteiger partial charge in [0.1, 0.15) is 0 Å². The lowest BCUT2D eigenvalue weighted by atomic mass is 10.0. The number of carboxylic acid groups (broad SMARTS) is 1. The number of benzene rings is 1. The molecule has 5 nitrogen and oxygen atoms in total. The van der Waals surface area contributed by atoms with Crippen molar-refractivity contribution in [3.05, 3.63) is 59.0 Å². The standard InChI is InChI=1S/C16H14F3NO4/c1-9(8-10-2-4-11(5-3-10)16(17,18)19)20-14(21)12-6-7-13(24-12)15(22)23/h2-7,9H,8H2,1H3,(H,20,21)(H,22,23). The third-order valence-electron chi connectivity index (χ3n) is 3.24. The number of halogens is 3. The van der Waals surface area contributed by atoms with Crippen LogP contribution in [-0.4, -0.2) is 23.0 Å². The highest BCUT2D eigenvalue weighted by Crippen LogP contribution is 2.29. The van der Waals surface area contributed by atoms with E-state index in [1.807, 2.05) is 0 Å². The second-order valence-corrected chi connectivity index (χ2v) is 5.24. The minimum atomic E-state index is -4.39. The van der Waals surface area contributed by atoms with E-state index in [1.165, 1.54) is 18.2 Å². The molecule has 0 aliphatic rings. The number of carbonyl (C=O) groups excluding carboxylic acids is 1. The van der Waals surface area contributed by atoms with Crippen LogP contribution in [-0.2, 0) is 12.6 Å². The molecule has 1 aromatic carbocycles. The second kappa shape index (κ2) is 6.77. The maximum Gasteiger partial charge on any atom is 0.416 e. The Morgan fingerprint density at radius 2 is 1.71 bits per heavy atom. The molecule has 128 valence electrons. The van der Waals surface area contributed by atoms with Crippen LogP contribution in [0.25, 0.3) is 0 Å². The van der Waals surface area contributed by atoms with Crippen molar-refractivity contribution in [3.8, 4) is 0 Å². The molecule has 1 amide bonds. The van der Waals surface area contributed by atoms with Crippen LogP contribution in [0.3, 0.4) is 0 Å². The summed E-state index contributed by atoms with van der Waals surface area (Å²) >= 11 is 0. The van der Waals surface area contributed by atoms with Crippen LogP contribution in [0.4, 0.5) is 13.2 Å². The molecule has 0 bridgehead atoms. The number of nitrogens with one attached hydrogen (secondary N) is 1. The molecule has 1 atom stereocenters. The molecule has 0 spiro atoms. The Morgan fingerprint density at radius 3 is 2.21 bits per heavy atom. The Labute approximate surface area is 135 Å². The topological polar surface area (TPSA) is 79.5 Å². The van der Waals surface area contributed by atoms with Crippen molar-refractivity contribution in [1.29, 1.82) is 0 Å². The predicted octanol–water partition coefficient (Wildman–Crippen LogP) is 3.36. The van der Waals surface area contributed by atoms with Gasteiger partial charge in [0, 0.05) is 6.04 Å². The molecule has 0 aliphatic heterocycles. The fourth-order valence-corrected chi connectivity index (χ4v) is 2.10. The molecule has 1 heterocycles. The molecular weight excluding hydrogens is 327 g/mol. The smallest absolute Gasteiger partial charge is 0.416 e. The van der Waals surface area contributed by atoms with Crippen molar-refractivity contribution in [2.45, 2.75) is 25.6 Å². The summed E-state index contributed by atoms with van der Waals surface area (Å²) in [7, 11) is 0. The largest absolute Gasteiger partial charge is 0.475 e. The van der Waals surface area contributed by atoms with Crippen LogP contribution in [0.5, 0.6) is 0 Å². The van der Waals surface area contributed by atoms with E-state index >= 15 is 0 Å². The highest BCUT2D eigenvalue weighted by atomic mass is 19.4. The Hall–Kier alpha value is -2.77. The quantitative estimate of drug-likeness (QED) is 0.874. The molecule has 0 radical (unpaired) electrons. The Bertz CT molecular complexity index is 735. The average Bonchev–Trinajstić information content (AvgIpc) is 2.96. The molecule has 0 aliphatic carbocycles. The van der Waals surface area contributed by atoms with Gasteiger partial charge in [-0.15, -0.1) is 0 Å². The lowest BCUT2D eigenvalue weighted by Crippen LogP contribution is -2.33. The van der Waals surface area contributed by atoms with E-state index in [2.05, 4.69) is 5.32 Å². The van der Waals surface area contributed by atoms with E-state index in [0.29, 0.717) is 12.0 Å². The first kappa shape index (κ1) is 17.6. The molecule has 0 saturated heterocycles. The average molecular weight is 341 g/mol. The number of carboxylic acids is 1. The summed E-state index contributed by atoms with van der Waals surface area (Å²) in [6.07, 6.45) is -4.07. The molecule has 2 rings (SSSR count). The highest BCUT2D eigenvalue weighted by Gasteiger charge is 2.30. The summed E-state index contributed by atoms with van der Waals surface area (Å²) in [4.78, 5) is 22.6. The monoisotopic (exact) mass is 341 g/mol. The van der Waals surface area contributed by atoms with Gasteiger partial charge < -0.3 is 14.8 Å². The molecule has 0 fully saturated rings. The van der Waals surface area contributed by atoms with Crippen molar-refractivity contribution >= 4 is 11.9 Å². The summed E-state index contributed by atoms with van der Waals surface area (Å²) in [5.74, 6) is -2.38. The third-order valence-corrected chi connectivity index (χ3v) is 3.24. The van der Waals surface area contributed by atoms with Gasteiger partial charge >= 0.3 is 12.1 Å². The van der Waals surface area contributed by atoms with E-state index in [1.54, 1.807) is 6.92 Å². The molecule has 1 unspecified atom stereocenters. The van der Waals surface area contributed by atoms with E-state index in [9.17, 15) is 22.8 Å². The summed E-state index contributed by atoms with van der Waals surface area (Å²) < 4.78 is 42.3. The van der Waals surface area contributed by atoms with Gasteiger partial charge in [0.25, 0.3) is 5.91 Å². The number of alkyl halides is 3. The molecule has 1 aromatic heterocycles. The van der Waals surface area contributed by atoms with Crippen LogP contribution >= 0.6 is 0 Å². The number of furan rings is 1. The summed E-state index contributed by atoms with van der Waals surface area (Å²) in [6.45, 7) is 1.68. The Balaban J connectivity index is 1.95. The zero-order valence-electron chi connectivity index (χ0n) is 12.6. The normalized spacial score (nSPS) is 12.7. The van der Waals surface area contributed by atoms with Crippen molar-refractivity contribution in [2.24, 2.45) is 0 Å². The van der Waals surface area contributed by atoms with Gasteiger partial charge in [-0.3, -0.25) is 4.79 Å². The van der Waals surface area contributed by atoms with Gasteiger partial charge in [-0.25, -0.2) is 4.79 Å². The van der Waals surface area contributed by atoms with E-state index in [0.717, 1.165) is 18.2 Å². The van der Waals surface area contributed by atoms with Crippen molar-refractivity contribution in [2.75, 3.05) is 0 Å². The number of hydrogen-bond acceptors (Lipinski definition) is 3. The fraction of sp³-hybridized carbons (Fsp3) is 0.250. The minimum Gasteiger partial charge on any atom is -0.475 e. The molecular formula is C16H14F3NO4. The van der Waals surface area contributed by atoms with Gasteiger partial charge in [0.2, 0.25) is 5.76 Å². The number of carbonyl (C=O) groups is 2. The fourth-order valence-electron chi connectivity index (χ4n) is 2.10. The number of aromatic carboxylic acids is 1. The van der Waals surface area contributed by atoms with Crippen molar-refractivity contribution in [1.82, 2.24) is 5.32 Å². The Morgan fingerprint density at radius 1 is 1.12 bits per heavy atom. The first-order chi connectivity index (χ1) is 11.2. The molecule has 0 saturated carbocycles. The van der Waals surface area contributed by atoms with Crippen molar-refractivity contribution in [3.63, 3.8) is 0 Å². The van der Waals surface area contributed by atoms with Gasteiger partial charge in [-0.05, 0) is 43.2 Å². The Kier molecular flexibility index (Phi) is 4.96. The zero-order chi connectivity index (χ0) is 17.9. The minimum absolute atomic E-state index is 0.147. The van der Waals surface area contributed by atoms with Crippen molar-refractivity contribution < 1.29 is 32.3 Å². The summed E-state index contributed by atoms with van der Waals surface area (Å²) in [5.41, 5.74) is -0.110. The molecule has 2 aromatic rings. The zero-order valence-corrected chi connectivity index (χ0v) is 12.6. The van der Waals surface area contributed by atoms with Crippen LogP contribution < -0.4 is 5.32 Å². The maximum absolute atomic E-state index is 12.5. The number of amides is 1. The maximum atomic E-state index is 12.5. The van der Waals surface area contributed by atoms with Crippen LogP contribution in [0.2, 0.25) is 0 Å². The van der Waals surface area contributed by atoms with E-state index < -0.39 is 23.6 Å². The van der Waals surface area contributed by atoms with Crippen LogP contribution in [0.1, 0.15) is 39.2 Å². The molecule has 2 N–H and O–H groups in total. The van der Waals surface area contributed by atoms with E-state index in [4.69, 9.17) is 9.52 Å². The number of rotatable bonds is 5. The molecule has 8 heteroatoms. The first-order valence-corrected chi connectivity index (χ1v) is 6.97.